The maximum Gasteiger partial charge on any atom is 0.235 e. The van der Waals surface area contributed by atoms with Gasteiger partial charge in [-0.25, -0.2) is 0 Å². The van der Waals surface area contributed by atoms with E-state index in [0.717, 1.165) is 6.54 Å². The Bertz CT molecular complexity index is 97.0. The van der Waals surface area contributed by atoms with Crippen LogP contribution in [0.3, 0.4) is 0 Å². The Morgan fingerprint density at radius 3 is 2.56 bits per heavy atom. The zero-order valence-corrected chi connectivity index (χ0v) is 6.32. The van der Waals surface area contributed by atoms with E-state index < -0.39 is 0 Å². The first-order chi connectivity index (χ1) is 4.22. The number of primary amides is 1. The Morgan fingerprint density at radius 2 is 2.44 bits per heavy atom. The zero-order chi connectivity index (χ0) is 7.28. The molecule has 1 amide bonds. The van der Waals surface area contributed by atoms with Crippen molar-refractivity contribution >= 4 is 18.5 Å². The molecule has 0 bridgehead atoms. The molecule has 0 aliphatic heterocycles. The van der Waals surface area contributed by atoms with Gasteiger partial charge in [0.05, 0.1) is 6.04 Å². The molecule has 3 nitrogen and oxygen atoms in total. The Labute approximate surface area is 60.4 Å². The van der Waals surface area contributed by atoms with Gasteiger partial charge >= 0.3 is 0 Å². The number of carbonyl (C=O) groups excluding carboxylic acids is 1. The monoisotopic (exact) mass is 148 g/mol. The van der Waals surface area contributed by atoms with E-state index in [0.29, 0.717) is 5.75 Å². The largest absolute Gasteiger partial charge is 0.368 e. The van der Waals surface area contributed by atoms with Crippen molar-refractivity contribution < 1.29 is 4.79 Å². The minimum Gasteiger partial charge on any atom is -0.368 e. The van der Waals surface area contributed by atoms with Crippen molar-refractivity contribution in [3.05, 3.63) is 0 Å². The molecular weight excluding hydrogens is 136 g/mol. The number of thiol groups is 1. The first-order valence-electron chi connectivity index (χ1n) is 2.86. The van der Waals surface area contributed by atoms with Crippen LogP contribution in [0.2, 0.25) is 0 Å². The highest BCUT2D eigenvalue weighted by Gasteiger charge is 2.09. The maximum absolute atomic E-state index is 10.4. The molecule has 0 aromatic carbocycles. The zero-order valence-electron chi connectivity index (χ0n) is 5.42. The van der Waals surface area contributed by atoms with E-state index in [1.807, 2.05) is 6.92 Å². The third kappa shape index (κ3) is 3.37. The quantitative estimate of drug-likeness (QED) is 0.465. The van der Waals surface area contributed by atoms with Crippen LogP contribution >= 0.6 is 12.6 Å². The Kier molecular flexibility index (Phi) is 4.53. The van der Waals surface area contributed by atoms with Crippen LogP contribution in [0.4, 0.5) is 0 Å². The number of nitrogens with two attached hydrogens (primary N) is 1. The van der Waals surface area contributed by atoms with Crippen LogP contribution in [0.15, 0.2) is 0 Å². The number of hydrogen-bond acceptors (Lipinski definition) is 3. The van der Waals surface area contributed by atoms with Gasteiger partial charge in [-0.3, -0.25) is 4.79 Å². The van der Waals surface area contributed by atoms with Gasteiger partial charge in [0.25, 0.3) is 0 Å². The summed E-state index contributed by atoms with van der Waals surface area (Å²) in [6.07, 6.45) is 0. The van der Waals surface area contributed by atoms with Gasteiger partial charge in [-0.05, 0) is 6.54 Å². The molecule has 0 saturated carbocycles. The molecule has 1 atom stereocenters. The number of likely N-dealkylation sites (N-methyl/N-ethyl adjacent to an activating group) is 1. The molecule has 54 valence electrons. The molecule has 0 saturated heterocycles. The van der Waals surface area contributed by atoms with Crippen LogP contribution in [-0.4, -0.2) is 24.2 Å². The Morgan fingerprint density at radius 1 is 1.89 bits per heavy atom. The molecule has 9 heavy (non-hydrogen) atoms. The average molecular weight is 148 g/mol. The highest BCUT2D eigenvalue weighted by Crippen LogP contribution is 1.84. The van der Waals surface area contributed by atoms with Gasteiger partial charge in [-0.2, -0.15) is 12.6 Å². The van der Waals surface area contributed by atoms with Gasteiger partial charge in [-0.1, -0.05) is 6.92 Å². The summed E-state index contributed by atoms with van der Waals surface area (Å²) in [5.41, 5.74) is 4.98. The number of carbonyl (C=O) groups is 1. The van der Waals surface area contributed by atoms with E-state index in [-0.39, 0.29) is 11.9 Å². The van der Waals surface area contributed by atoms with Crippen molar-refractivity contribution in [2.45, 2.75) is 13.0 Å². The van der Waals surface area contributed by atoms with Crippen molar-refractivity contribution in [2.75, 3.05) is 12.3 Å². The number of nitrogens with one attached hydrogen (secondary N) is 1. The van der Waals surface area contributed by atoms with Crippen molar-refractivity contribution in [1.29, 1.82) is 0 Å². The summed E-state index contributed by atoms with van der Waals surface area (Å²) in [5, 5.41) is 2.88. The molecule has 0 spiro atoms. The molecule has 0 aromatic rings. The first kappa shape index (κ1) is 8.78. The summed E-state index contributed by atoms with van der Waals surface area (Å²) < 4.78 is 0. The van der Waals surface area contributed by atoms with E-state index in [9.17, 15) is 4.79 Å². The van der Waals surface area contributed by atoms with Gasteiger partial charge in [0.15, 0.2) is 0 Å². The minimum absolute atomic E-state index is 0.279. The SMILES string of the molecule is CCNC(CS)C(N)=O. The molecule has 0 aromatic heterocycles. The van der Waals surface area contributed by atoms with Gasteiger partial charge < -0.3 is 11.1 Å². The van der Waals surface area contributed by atoms with Gasteiger partial charge in [-0.15, -0.1) is 0 Å². The molecule has 1 unspecified atom stereocenters. The van der Waals surface area contributed by atoms with E-state index in [1.54, 1.807) is 0 Å². The number of amides is 1. The van der Waals surface area contributed by atoms with Crippen LogP contribution < -0.4 is 11.1 Å². The highest BCUT2D eigenvalue weighted by atomic mass is 32.1. The molecule has 0 rings (SSSR count). The summed E-state index contributed by atoms with van der Waals surface area (Å²) in [4.78, 5) is 10.4. The lowest BCUT2D eigenvalue weighted by atomic mass is 10.3. The highest BCUT2D eigenvalue weighted by molar-refractivity contribution is 7.80. The smallest absolute Gasteiger partial charge is 0.235 e. The molecule has 0 aliphatic rings. The first-order valence-corrected chi connectivity index (χ1v) is 3.49. The van der Waals surface area contributed by atoms with Crippen LogP contribution in [0.5, 0.6) is 0 Å². The maximum atomic E-state index is 10.4. The van der Waals surface area contributed by atoms with E-state index in [1.165, 1.54) is 0 Å². The topological polar surface area (TPSA) is 55.1 Å². The fraction of sp³-hybridized carbons (Fsp3) is 0.800. The predicted molar refractivity (Wildman–Crippen MR) is 40.5 cm³/mol. The second kappa shape index (κ2) is 4.64. The fourth-order valence-electron chi connectivity index (χ4n) is 0.502. The summed E-state index contributed by atoms with van der Waals surface area (Å²) in [6, 6.07) is -0.279. The van der Waals surface area contributed by atoms with Crippen molar-refractivity contribution in [3.8, 4) is 0 Å². The Balaban J connectivity index is 3.54. The van der Waals surface area contributed by atoms with Crippen LogP contribution in [0, 0.1) is 0 Å². The third-order valence-electron chi connectivity index (χ3n) is 0.977. The molecule has 4 heteroatoms. The van der Waals surface area contributed by atoms with Gasteiger partial charge in [0.1, 0.15) is 0 Å². The predicted octanol–water partition coefficient (Wildman–Crippen LogP) is -0.620. The van der Waals surface area contributed by atoms with E-state index in [2.05, 4.69) is 17.9 Å². The minimum atomic E-state index is -0.341. The molecule has 0 aliphatic carbocycles. The third-order valence-corrected chi connectivity index (χ3v) is 1.34. The van der Waals surface area contributed by atoms with Gasteiger partial charge in [0, 0.05) is 5.75 Å². The summed E-state index contributed by atoms with van der Waals surface area (Å²) in [7, 11) is 0. The summed E-state index contributed by atoms with van der Waals surface area (Å²) >= 11 is 3.93. The summed E-state index contributed by atoms with van der Waals surface area (Å²) in [6.45, 7) is 2.66. The number of hydrogen-bond donors (Lipinski definition) is 3. The second-order valence-electron chi connectivity index (χ2n) is 1.70. The lowest BCUT2D eigenvalue weighted by Crippen LogP contribution is -2.42. The van der Waals surface area contributed by atoms with Crippen molar-refractivity contribution in [3.63, 3.8) is 0 Å². The average Bonchev–Trinajstić information content (AvgIpc) is 1.82. The van der Waals surface area contributed by atoms with E-state index in [4.69, 9.17) is 5.73 Å². The second-order valence-corrected chi connectivity index (χ2v) is 2.06. The molecular formula is C5H12N2OS. The lowest BCUT2D eigenvalue weighted by molar-refractivity contribution is -0.119. The fourth-order valence-corrected chi connectivity index (χ4v) is 0.811. The van der Waals surface area contributed by atoms with Crippen molar-refractivity contribution in [1.82, 2.24) is 5.32 Å². The normalized spacial score (nSPS) is 13.1. The molecule has 0 radical (unpaired) electrons. The Hall–Kier alpha value is -0.220. The molecule has 0 fully saturated rings. The van der Waals surface area contributed by atoms with Crippen LogP contribution in [0.1, 0.15) is 6.92 Å². The number of rotatable bonds is 4. The van der Waals surface area contributed by atoms with Crippen LogP contribution in [0.25, 0.3) is 0 Å². The van der Waals surface area contributed by atoms with Crippen molar-refractivity contribution in [2.24, 2.45) is 5.73 Å². The molecule has 0 heterocycles. The van der Waals surface area contributed by atoms with E-state index >= 15 is 0 Å². The standard InChI is InChI=1S/C5H12N2OS/c1-2-7-4(3-9)5(6)8/h4,7,9H,2-3H2,1H3,(H2,6,8). The lowest BCUT2D eigenvalue weighted by Gasteiger charge is -2.09. The molecule has 3 N–H and O–H groups in total. The van der Waals surface area contributed by atoms with Gasteiger partial charge in [0.2, 0.25) is 5.91 Å². The summed E-state index contributed by atoms with van der Waals surface area (Å²) in [5.74, 6) is 0.121. The van der Waals surface area contributed by atoms with Crippen LogP contribution in [-0.2, 0) is 4.79 Å².